The molecule has 118 valence electrons. The summed E-state index contributed by atoms with van der Waals surface area (Å²) in [6, 6.07) is 0. The molecule has 1 fully saturated rings. The Morgan fingerprint density at radius 3 is 2.77 bits per heavy atom. The fourth-order valence-electron chi connectivity index (χ4n) is 2.12. The summed E-state index contributed by atoms with van der Waals surface area (Å²) in [7, 11) is 0. The minimum absolute atomic E-state index is 0.193. The Morgan fingerprint density at radius 1 is 1.50 bits per heavy atom. The zero-order valence-electron chi connectivity index (χ0n) is 11.3. The van der Waals surface area contributed by atoms with Gasteiger partial charge in [0.2, 0.25) is 0 Å². The van der Waals surface area contributed by atoms with E-state index in [-0.39, 0.29) is 17.4 Å². The number of likely N-dealkylation sites (tertiary alicyclic amines) is 1. The van der Waals surface area contributed by atoms with Gasteiger partial charge in [-0.05, 0) is 6.92 Å². The van der Waals surface area contributed by atoms with Crippen LogP contribution < -0.4 is 4.74 Å². The Labute approximate surface area is 126 Å². The first-order valence-corrected chi connectivity index (χ1v) is 7.22. The second kappa shape index (κ2) is 5.27. The second-order valence-corrected chi connectivity index (χ2v) is 5.68. The topological polar surface area (TPSA) is 71.1 Å². The van der Waals surface area contributed by atoms with E-state index in [1.807, 2.05) is 5.10 Å². The van der Waals surface area contributed by atoms with Gasteiger partial charge in [0.25, 0.3) is 11.1 Å². The second-order valence-electron chi connectivity index (χ2n) is 4.82. The van der Waals surface area contributed by atoms with Gasteiger partial charge in [0.15, 0.2) is 5.69 Å². The van der Waals surface area contributed by atoms with Crippen LogP contribution in [-0.4, -0.2) is 45.2 Å². The number of aromatic amines is 1. The summed E-state index contributed by atoms with van der Waals surface area (Å²) in [5.74, 6) is -0.539. The van der Waals surface area contributed by atoms with E-state index in [1.54, 1.807) is 11.6 Å². The number of nitrogens with zero attached hydrogens (tertiary/aromatic N) is 3. The van der Waals surface area contributed by atoms with Gasteiger partial charge in [-0.1, -0.05) is 11.3 Å². The molecule has 0 aromatic carbocycles. The molecule has 0 bridgehead atoms. The van der Waals surface area contributed by atoms with Crippen LogP contribution in [0.3, 0.4) is 0 Å². The summed E-state index contributed by atoms with van der Waals surface area (Å²) in [5, 5.41) is 7.66. The largest absolute Gasteiger partial charge is 0.463 e. The van der Waals surface area contributed by atoms with E-state index in [2.05, 4.69) is 10.1 Å². The molecule has 0 atom stereocenters. The number of thiazole rings is 1. The first-order valence-electron chi connectivity index (χ1n) is 6.34. The molecule has 0 aliphatic carbocycles. The highest BCUT2D eigenvalue weighted by molar-refractivity contribution is 7.11. The summed E-state index contributed by atoms with van der Waals surface area (Å²) in [4.78, 5) is 17.5. The first-order chi connectivity index (χ1) is 10.4. The van der Waals surface area contributed by atoms with Crippen molar-refractivity contribution in [1.82, 2.24) is 20.1 Å². The van der Waals surface area contributed by atoms with Crippen LogP contribution in [0, 0.1) is 6.92 Å². The molecule has 3 rings (SSSR count). The van der Waals surface area contributed by atoms with Gasteiger partial charge in [-0.15, -0.1) is 0 Å². The minimum Gasteiger partial charge on any atom is -0.463 e. The van der Waals surface area contributed by atoms with Crippen molar-refractivity contribution in [1.29, 1.82) is 0 Å². The van der Waals surface area contributed by atoms with Crippen LogP contribution >= 0.6 is 11.3 Å². The van der Waals surface area contributed by atoms with Crippen LogP contribution in [0.15, 0.2) is 11.6 Å². The minimum atomic E-state index is -4.55. The third kappa shape index (κ3) is 2.65. The molecule has 0 unspecified atom stereocenters. The molecule has 1 aliphatic heterocycles. The van der Waals surface area contributed by atoms with E-state index in [0.29, 0.717) is 18.3 Å². The van der Waals surface area contributed by atoms with E-state index < -0.39 is 17.8 Å². The third-order valence-electron chi connectivity index (χ3n) is 3.31. The first kappa shape index (κ1) is 14.8. The zero-order valence-corrected chi connectivity index (χ0v) is 12.2. The highest BCUT2D eigenvalue weighted by atomic mass is 32.1. The van der Waals surface area contributed by atoms with Gasteiger partial charge in [-0.3, -0.25) is 9.89 Å². The number of hydrogen-bond acceptors (Lipinski definition) is 5. The highest BCUT2D eigenvalue weighted by Gasteiger charge is 2.40. The van der Waals surface area contributed by atoms with Crippen molar-refractivity contribution in [3.63, 3.8) is 0 Å². The van der Waals surface area contributed by atoms with Crippen molar-refractivity contribution < 1.29 is 22.7 Å². The Balaban J connectivity index is 1.63. The van der Waals surface area contributed by atoms with Crippen LogP contribution in [0.1, 0.15) is 21.7 Å². The van der Waals surface area contributed by atoms with Crippen LogP contribution in [0.5, 0.6) is 5.19 Å². The van der Waals surface area contributed by atoms with E-state index >= 15 is 0 Å². The molecule has 2 aromatic rings. The number of halogens is 3. The van der Waals surface area contributed by atoms with Crippen molar-refractivity contribution in [2.24, 2.45) is 0 Å². The lowest BCUT2D eigenvalue weighted by Gasteiger charge is -2.37. The number of hydrogen-bond donors (Lipinski definition) is 1. The molecule has 0 spiro atoms. The van der Waals surface area contributed by atoms with Gasteiger partial charge >= 0.3 is 6.18 Å². The number of amides is 1. The number of nitrogens with one attached hydrogen (secondary N) is 1. The molecule has 1 amide bonds. The highest BCUT2D eigenvalue weighted by Crippen LogP contribution is 2.32. The smallest absolute Gasteiger partial charge is 0.433 e. The molecule has 0 saturated carbocycles. The predicted molar refractivity (Wildman–Crippen MR) is 70.8 cm³/mol. The lowest BCUT2D eigenvalue weighted by Crippen LogP contribution is -2.56. The van der Waals surface area contributed by atoms with Crippen LogP contribution in [-0.2, 0) is 6.18 Å². The summed E-state index contributed by atoms with van der Waals surface area (Å²) in [6.45, 7) is 1.82. The van der Waals surface area contributed by atoms with Crippen molar-refractivity contribution in [3.8, 4) is 5.19 Å². The van der Waals surface area contributed by atoms with Crippen molar-refractivity contribution in [3.05, 3.63) is 28.5 Å². The Morgan fingerprint density at radius 2 is 2.23 bits per heavy atom. The van der Waals surface area contributed by atoms with Gasteiger partial charge in [-0.2, -0.15) is 18.3 Å². The monoisotopic (exact) mass is 332 g/mol. The quantitative estimate of drug-likeness (QED) is 0.934. The molecule has 1 saturated heterocycles. The maximum Gasteiger partial charge on any atom is 0.433 e. The number of alkyl halides is 3. The van der Waals surface area contributed by atoms with Crippen molar-refractivity contribution >= 4 is 17.2 Å². The Kier molecular flexibility index (Phi) is 3.55. The van der Waals surface area contributed by atoms with E-state index in [4.69, 9.17) is 4.74 Å². The van der Waals surface area contributed by atoms with Gasteiger partial charge < -0.3 is 9.64 Å². The standard InChI is InChI=1S/C12H11F3N4O2S/c1-6-8(17-18-9(6)12(13,14)15)10(20)19-4-7(5-19)21-11-16-2-3-22-11/h2-3,7H,4-5H2,1H3,(H,17,18). The van der Waals surface area contributed by atoms with E-state index in [0.717, 1.165) is 0 Å². The number of rotatable bonds is 3. The molecule has 0 radical (unpaired) electrons. The van der Waals surface area contributed by atoms with Crippen LogP contribution in [0.4, 0.5) is 13.2 Å². The number of ether oxygens (including phenoxy) is 1. The SMILES string of the molecule is Cc1c(C(=O)N2CC(Oc3nccs3)C2)n[nH]c1C(F)(F)F. The predicted octanol–water partition coefficient (Wildman–Crippen LogP) is 2.10. The van der Waals surface area contributed by atoms with Crippen LogP contribution in [0.25, 0.3) is 0 Å². The molecule has 6 nitrogen and oxygen atoms in total. The molecule has 1 aliphatic rings. The molecule has 3 heterocycles. The maximum absolute atomic E-state index is 12.7. The van der Waals surface area contributed by atoms with Gasteiger partial charge in [0, 0.05) is 17.1 Å². The average molecular weight is 332 g/mol. The number of carbonyl (C=O) groups is 1. The number of aromatic nitrogens is 3. The maximum atomic E-state index is 12.7. The van der Waals surface area contributed by atoms with Gasteiger partial charge in [0.1, 0.15) is 11.8 Å². The fourth-order valence-corrected chi connectivity index (χ4v) is 2.67. The van der Waals surface area contributed by atoms with E-state index in [1.165, 1.54) is 23.2 Å². The zero-order chi connectivity index (χ0) is 15.9. The van der Waals surface area contributed by atoms with Crippen LogP contribution in [0.2, 0.25) is 0 Å². The van der Waals surface area contributed by atoms with Crippen molar-refractivity contribution in [2.75, 3.05) is 13.1 Å². The third-order valence-corrected chi connectivity index (χ3v) is 3.97. The number of carbonyl (C=O) groups excluding carboxylic acids is 1. The van der Waals surface area contributed by atoms with Gasteiger partial charge in [0.05, 0.1) is 13.1 Å². The average Bonchev–Trinajstić information content (AvgIpc) is 3.00. The molecular formula is C12H11F3N4O2S. The van der Waals surface area contributed by atoms with E-state index in [9.17, 15) is 18.0 Å². The lowest BCUT2D eigenvalue weighted by atomic mass is 10.1. The normalized spacial score (nSPS) is 15.7. The summed E-state index contributed by atoms with van der Waals surface area (Å²) in [5.41, 5.74) is -1.39. The Hall–Kier alpha value is -2.10. The molecule has 10 heteroatoms. The summed E-state index contributed by atoms with van der Waals surface area (Å²) >= 11 is 1.34. The Bertz CT molecular complexity index is 677. The molecular weight excluding hydrogens is 321 g/mol. The fraction of sp³-hybridized carbons (Fsp3) is 0.417. The molecule has 1 N–H and O–H groups in total. The molecule has 2 aromatic heterocycles. The molecule has 22 heavy (non-hydrogen) atoms. The number of H-pyrrole nitrogens is 1. The van der Waals surface area contributed by atoms with Gasteiger partial charge in [-0.25, -0.2) is 4.98 Å². The van der Waals surface area contributed by atoms with Crippen molar-refractivity contribution in [2.45, 2.75) is 19.2 Å². The lowest BCUT2D eigenvalue weighted by molar-refractivity contribution is -0.141. The summed E-state index contributed by atoms with van der Waals surface area (Å²) in [6.07, 6.45) is -3.15. The summed E-state index contributed by atoms with van der Waals surface area (Å²) < 4.78 is 43.5.